The number of likely N-dealkylation sites (tertiary alicyclic amines) is 1. The maximum atomic E-state index is 12.6. The Morgan fingerprint density at radius 1 is 1.14 bits per heavy atom. The lowest BCUT2D eigenvalue weighted by Gasteiger charge is -2.34. The van der Waals surface area contributed by atoms with Crippen LogP contribution in [0.25, 0.3) is 0 Å². The number of carbonyl (C=O) groups excluding carboxylic acids is 1. The van der Waals surface area contributed by atoms with Gasteiger partial charge in [-0.25, -0.2) is 0 Å². The Hall–Kier alpha value is -1.88. The van der Waals surface area contributed by atoms with Crippen LogP contribution in [0.5, 0.6) is 0 Å². The molecule has 1 unspecified atom stereocenters. The summed E-state index contributed by atoms with van der Waals surface area (Å²) in [7, 11) is 0. The Morgan fingerprint density at radius 3 is 2.48 bits per heavy atom. The molecule has 21 heavy (non-hydrogen) atoms. The summed E-state index contributed by atoms with van der Waals surface area (Å²) in [5.74, 6) is -0.936. The van der Waals surface area contributed by atoms with Crippen molar-refractivity contribution < 1.29 is 14.7 Å². The second-order valence-corrected chi connectivity index (χ2v) is 5.84. The topological polar surface area (TPSA) is 69.6 Å². The summed E-state index contributed by atoms with van der Waals surface area (Å²) < 4.78 is 0. The smallest absolute Gasteiger partial charge is 0.306 e. The van der Waals surface area contributed by atoms with Crippen LogP contribution in [0.1, 0.15) is 24.0 Å². The highest BCUT2D eigenvalue weighted by Gasteiger charge is 2.32. The lowest BCUT2D eigenvalue weighted by atomic mass is 9.93. The minimum Gasteiger partial charge on any atom is -0.481 e. The molecule has 112 valence electrons. The van der Waals surface area contributed by atoms with Crippen molar-refractivity contribution in [3.05, 3.63) is 35.4 Å². The molecule has 1 atom stereocenters. The van der Waals surface area contributed by atoms with Crippen molar-refractivity contribution in [2.24, 2.45) is 5.92 Å². The molecule has 0 radical (unpaired) electrons. The Balaban J connectivity index is 1.61. The predicted octanol–water partition coefficient (Wildman–Crippen LogP) is 1.02. The zero-order valence-corrected chi connectivity index (χ0v) is 11.9. The molecule has 5 heteroatoms. The maximum Gasteiger partial charge on any atom is 0.306 e. The summed E-state index contributed by atoms with van der Waals surface area (Å²) in [6.45, 7) is 1.82. The van der Waals surface area contributed by atoms with E-state index in [2.05, 4.69) is 17.4 Å². The van der Waals surface area contributed by atoms with Gasteiger partial charge in [0, 0.05) is 19.6 Å². The lowest BCUT2D eigenvalue weighted by Crippen LogP contribution is -2.51. The number of aliphatic carboxylic acids is 1. The number of carboxylic acid groups (broad SMARTS) is 1. The average Bonchev–Trinajstić information content (AvgIpc) is 2.54. The van der Waals surface area contributed by atoms with Gasteiger partial charge in [0.25, 0.3) is 0 Å². The number of carbonyl (C=O) groups is 2. The van der Waals surface area contributed by atoms with E-state index in [1.807, 2.05) is 17.0 Å². The van der Waals surface area contributed by atoms with Gasteiger partial charge in [0.05, 0.1) is 12.0 Å². The van der Waals surface area contributed by atoms with Gasteiger partial charge >= 0.3 is 5.97 Å². The molecule has 2 N–H and O–H groups in total. The van der Waals surface area contributed by atoms with Crippen molar-refractivity contribution in [2.75, 3.05) is 13.1 Å². The minimum absolute atomic E-state index is 0.105. The molecule has 0 aliphatic carbocycles. The normalized spacial score (nSPS) is 22.7. The van der Waals surface area contributed by atoms with Gasteiger partial charge in [0.15, 0.2) is 0 Å². The van der Waals surface area contributed by atoms with E-state index in [4.69, 9.17) is 5.11 Å². The van der Waals surface area contributed by atoms with E-state index < -0.39 is 5.97 Å². The van der Waals surface area contributed by atoms with Gasteiger partial charge in [-0.2, -0.15) is 0 Å². The molecule has 1 aromatic carbocycles. The van der Waals surface area contributed by atoms with Crippen LogP contribution in [0.3, 0.4) is 0 Å². The monoisotopic (exact) mass is 288 g/mol. The first-order chi connectivity index (χ1) is 10.1. The number of piperidine rings is 1. The zero-order chi connectivity index (χ0) is 14.8. The third kappa shape index (κ3) is 2.93. The van der Waals surface area contributed by atoms with Gasteiger partial charge in [0.1, 0.15) is 0 Å². The highest BCUT2D eigenvalue weighted by atomic mass is 16.4. The SMILES string of the molecule is O=C(O)C1CCN(C(=O)C2Cc3ccccc3CN2)CC1. The summed E-state index contributed by atoms with van der Waals surface area (Å²) in [6, 6.07) is 8.00. The van der Waals surface area contributed by atoms with Crippen LogP contribution in [-0.2, 0) is 22.6 Å². The van der Waals surface area contributed by atoms with Gasteiger partial charge in [-0.3, -0.25) is 9.59 Å². The van der Waals surface area contributed by atoms with E-state index >= 15 is 0 Å². The van der Waals surface area contributed by atoms with Gasteiger partial charge in [-0.1, -0.05) is 24.3 Å². The van der Waals surface area contributed by atoms with Crippen LogP contribution in [-0.4, -0.2) is 41.0 Å². The first-order valence-electron chi connectivity index (χ1n) is 7.47. The Kier molecular flexibility index (Phi) is 3.92. The number of fused-ring (bicyclic) bond motifs is 1. The fraction of sp³-hybridized carbons (Fsp3) is 0.500. The van der Waals surface area contributed by atoms with Crippen molar-refractivity contribution in [3.8, 4) is 0 Å². The second-order valence-electron chi connectivity index (χ2n) is 5.84. The van der Waals surface area contributed by atoms with Gasteiger partial charge in [-0.15, -0.1) is 0 Å². The van der Waals surface area contributed by atoms with Crippen LogP contribution < -0.4 is 5.32 Å². The second kappa shape index (κ2) is 5.85. The van der Waals surface area contributed by atoms with Crippen molar-refractivity contribution in [1.29, 1.82) is 0 Å². The largest absolute Gasteiger partial charge is 0.481 e. The molecule has 3 rings (SSSR count). The molecule has 1 saturated heterocycles. The quantitative estimate of drug-likeness (QED) is 0.852. The fourth-order valence-electron chi connectivity index (χ4n) is 3.20. The number of nitrogens with one attached hydrogen (secondary N) is 1. The molecule has 5 nitrogen and oxygen atoms in total. The third-order valence-corrected chi connectivity index (χ3v) is 4.54. The molecule has 2 aliphatic rings. The zero-order valence-electron chi connectivity index (χ0n) is 11.9. The summed E-state index contributed by atoms with van der Waals surface area (Å²) >= 11 is 0. The highest BCUT2D eigenvalue weighted by Crippen LogP contribution is 2.21. The molecule has 1 aromatic rings. The number of rotatable bonds is 2. The van der Waals surface area contributed by atoms with Crippen LogP contribution in [0.4, 0.5) is 0 Å². The van der Waals surface area contributed by atoms with Gasteiger partial charge in [-0.05, 0) is 30.4 Å². The number of nitrogens with zero attached hydrogens (tertiary/aromatic N) is 1. The summed E-state index contributed by atoms with van der Waals surface area (Å²) in [4.78, 5) is 25.3. The molecule has 1 fully saturated rings. The molecule has 0 bridgehead atoms. The van der Waals surface area contributed by atoms with Crippen LogP contribution >= 0.6 is 0 Å². The molecule has 0 spiro atoms. The number of amides is 1. The standard InChI is InChI=1S/C16H20N2O3/c19-15(18-7-5-11(6-8-18)16(20)21)14-9-12-3-1-2-4-13(12)10-17-14/h1-4,11,14,17H,5-10H2,(H,20,21). The fourth-order valence-corrected chi connectivity index (χ4v) is 3.20. The van der Waals surface area contributed by atoms with E-state index in [1.165, 1.54) is 11.1 Å². The van der Waals surface area contributed by atoms with Gasteiger partial charge in [0.2, 0.25) is 5.91 Å². The molecule has 0 aromatic heterocycles. The van der Waals surface area contributed by atoms with Crippen molar-refractivity contribution >= 4 is 11.9 Å². The number of hydrogen-bond donors (Lipinski definition) is 2. The van der Waals surface area contributed by atoms with E-state index in [0.29, 0.717) is 32.4 Å². The minimum atomic E-state index is -0.744. The van der Waals surface area contributed by atoms with E-state index in [1.54, 1.807) is 0 Å². The Bertz CT molecular complexity index is 550. The maximum absolute atomic E-state index is 12.6. The first kappa shape index (κ1) is 14.1. The number of carboxylic acids is 1. The Morgan fingerprint density at radius 2 is 1.81 bits per heavy atom. The molecular weight excluding hydrogens is 268 g/mol. The van der Waals surface area contributed by atoms with Crippen LogP contribution in [0, 0.1) is 5.92 Å². The third-order valence-electron chi connectivity index (χ3n) is 4.54. The van der Waals surface area contributed by atoms with Gasteiger partial charge < -0.3 is 15.3 Å². The number of hydrogen-bond acceptors (Lipinski definition) is 3. The molecule has 2 aliphatic heterocycles. The summed E-state index contributed by atoms with van der Waals surface area (Å²) in [5.41, 5.74) is 2.49. The summed E-state index contributed by atoms with van der Waals surface area (Å²) in [5, 5.41) is 12.3. The van der Waals surface area contributed by atoms with Crippen LogP contribution in [0.2, 0.25) is 0 Å². The van der Waals surface area contributed by atoms with E-state index in [-0.39, 0.29) is 17.9 Å². The van der Waals surface area contributed by atoms with Crippen molar-refractivity contribution in [1.82, 2.24) is 10.2 Å². The molecule has 2 heterocycles. The van der Waals surface area contributed by atoms with Crippen molar-refractivity contribution in [2.45, 2.75) is 31.8 Å². The predicted molar refractivity (Wildman–Crippen MR) is 77.7 cm³/mol. The highest BCUT2D eigenvalue weighted by molar-refractivity contribution is 5.83. The van der Waals surface area contributed by atoms with Crippen molar-refractivity contribution in [3.63, 3.8) is 0 Å². The Labute approximate surface area is 123 Å². The molecule has 1 amide bonds. The molecular formula is C16H20N2O3. The van der Waals surface area contributed by atoms with E-state index in [0.717, 1.165) is 6.54 Å². The molecule has 0 saturated carbocycles. The summed E-state index contributed by atoms with van der Waals surface area (Å²) in [6.07, 6.45) is 1.84. The van der Waals surface area contributed by atoms with E-state index in [9.17, 15) is 9.59 Å². The number of benzene rings is 1. The first-order valence-corrected chi connectivity index (χ1v) is 7.47. The average molecular weight is 288 g/mol. The van der Waals surface area contributed by atoms with Crippen LogP contribution in [0.15, 0.2) is 24.3 Å². The lowest BCUT2D eigenvalue weighted by molar-refractivity contribution is -0.146.